The Kier molecular flexibility index (Phi) is 11.3. The minimum absolute atomic E-state index is 0.0803. The summed E-state index contributed by atoms with van der Waals surface area (Å²) in [5.74, 6) is 1.02. The summed E-state index contributed by atoms with van der Waals surface area (Å²) in [6.45, 7) is 1.67. The molecule has 0 radical (unpaired) electrons. The summed E-state index contributed by atoms with van der Waals surface area (Å²) in [6.07, 6.45) is 7.37. The molecule has 0 spiro atoms. The van der Waals surface area contributed by atoms with Crippen LogP contribution in [0, 0.1) is 10.1 Å². The third-order valence-electron chi connectivity index (χ3n) is 9.47. The first-order valence-electron chi connectivity index (χ1n) is 17.1. The van der Waals surface area contributed by atoms with Crippen LogP contribution < -0.4 is 24.6 Å². The van der Waals surface area contributed by atoms with Crippen molar-refractivity contribution in [2.24, 2.45) is 7.05 Å². The van der Waals surface area contributed by atoms with Crippen LogP contribution in [0.1, 0.15) is 24.1 Å². The number of likely N-dealkylation sites (tertiary alicyclic amines) is 1. The first kappa shape index (κ1) is 38.3. The van der Waals surface area contributed by atoms with Gasteiger partial charge in [0.2, 0.25) is 18.2 Å². The highest BCUT2D eigenvalue weighted by Crippen LogP contribution is 2.48. The van der Waals surface area contributed by atoms with Gasteiger partial charge in [0.25, 0.3) is 0 Å². The maximum Gasteiger partial charge on any atom is 0.390 e. The second-order valence-corrected chi connectivity index (χ2v) is 14.4. The molecule has 54 heavy (non-hydrogen) atoms. The predicted octanol–water partition coefficient (Wildman–Crippen LogP) is 5.96. The highest BCUT2D eigenvalue weighted by atomic mass is 35.5. The standard InChI is InChI=1S/C36H41Cl2N10O6/c1-43-22-40-34(47(51)52)26(43)21-48(2,3)17-9-12-29(49)44-15-13-25(14-16-44)46-33-23(19-39-35(42-33)41-24-10-7-6-8-11-24)20-45(36(46)50)32-30(37)27(53-4)18-28(54-5)31(32)38/h6-12,18-19,22,25H,13-17,20-21H2,1-5H3,(H,39,41,42)/q+1/b12-9+. The molecule has 0 unspecified atom stereocenters. The van der Waals surface area contributed by atoms with Crippen molar-refractivity contribution in [1.29, 1.82) is 0 Å². The summed E-state index contributed by atoms with van der Waals surface area (Å²) in [5.41, 5.74) is 2.19. The Morgan fingerprint density at radius 3 is 2.39 bits per heavy atom. The van der Waals surface area contributed by atoms with Gasteiger partial charge in [-0.15, -0.1) is 0 Å². The highest BCUT2D eigenvalue weighted by molar-refractivity contribution is 6.42. The van der Waals surface area contributed by atoms with E-state index in [2.05, 4.69) is 15.3 Å². The van der Waals surface area contributed by atoms with Gasteiger partial charge in [-0.3, -0.25) is 14.6 Å². The number of quaternary nitrogens is 1. The number of hydrogen-bond donors (Lipinski definition) is 1. The summed E-state index contributed by atoms with van der Waals surface area (Å²) < 4.78 is 13.0. The third-order valence-corrected chi connectivity index (χ3v) is 10.2. The smallest absolute Gasteiger partial charge is 0.390 e. The number of halogens is 2. The Morgan fingerprint density at radius 1 is 1.09 bits per heavy atom. The van der Waals surface area contributed by atoms with Crippen LogP contribution >= 0.6 is 23.2 Å². The number of hydrogen-bond acceptors (Lipinski definition) is 10. The zero-order valence-corrected chi connectivity index (χ0v) is 32.0. The van der Waals surface area contributed by atoms with Gasteiger partial charge in [-0.25, -0.2) is 9.78 Å². The van der Waals surface area contributed by atoms with E-state index < -0.39 is 11.0 Å². The lowest BCUT2D eigenvalue weighted by Gasteiger charge is -2.43. The van der Waals surface area contributed by atoms with Gasteiger partial charge in [0.15, 0.2) is 5.69 Å². The van der Waals surface area contributed by atoms with Gasteiger partial charge >= 0.3 is 11.8 Å². The molecule has 2 aromatic heterocycles. The lowest BCUT2D eigenvalue weighted by molar-refractivity contribution is -0.898. The number of piperidine rings is 1. The molecule has 4 heterocycles. The fourth-order valence-corrected chi connectivity index (χ4v) is 7.34. The van der Waals surface area contributed by atoms with Crippen LogP contribution in [0.3, 0.4) is 0 Å². The number of methoxy groups -OCH3 is 2. The molecule has 3 amide bonds. The molecule has 0 bridgehead atoms. The maximum absolute atomic E-state index is 14.6. The number of urea groups is 1. The molecular formula is C36H41Cl2N10O6+. The van der Waals surface area contributed by atoms with Crippen LogP contribution in [-0.2, 0) is 24.9 Å². The number of rotatable bonds is 12. The number of aryl methyl sites for hydroxylation is 1. The van der Waals surface area contributed by atoms with Gasteiger partial charge < -0.3 is 38.9 Å². The maximum atomic E-state index is 14.6. The first-order chi connectivity index (χ1) is 25.8. The lowest BCUT2D eigenvalue weighted by Crippen LogP contribution is -2.55. The first-order valence-corrected chi connectivity index (χ1v) is 17.9. The van der Waals surface area contributed by atoms with Crippen molar-refractivity contribution in [2.45, 2.75) is 32.0 Å². The van der Waals surface area contributed by atoms with E-state index in [1.165, 1.54) is 31.5 Å². The quantitative estimate of drug-likeness (QED) is 0.0787. The normalized spacial score (nSPS) is 15.1. The molecule has 1 saturated heterocycles. The monoisotopic (exact) mass is 779 g/mol. The van der Waals surface area contributed by atoms with Crippen LogP contribution in [-0.4, -0.2) is 99.8 Å². The molecule has 1 N–H and O–H groups in total. The van der Waals surface area contributed by atoms with Gasteiger partial charge in [0, 0.05) is 55.8 Å². The van der Waals surface area contributed by atoms with Gasteiger partial charge in [-0.2, -0.15) is 4.98 Å². The molecule has 2 aliphatic rings. The number of nitro groups is 1. The Morgan fingerprint density at radius 2 is 1.76 bits per heavy atom. The van der Waals surface area contributed by atoms with Crippen LogP contribution in [0.4, 0.5) is 33.8 Å². The van der Waals surface area contributed by atoms with E-state index >= 15 is 0 Å². The molecule has 0 aliphatic carbocycles. The van der Waals surface area contributed by atoms with E-state index in [0.29, 0.717) is 66.5 Å². The van der Waals surface area contributed by atoms with Crippen LogP contribution in [0.5, 0.6) is 11.5 Å². The van der Waals surface area contributed by atoms with Gasteiger partial charge in [0.1, 0.15) is 33.9 Å². The Labute approximate surface area is 322 Å². The van der Waals surface area contributed by atoms with Crippen molar-refractivity contribution in [3.63, 3.8) is 0 Å². The number of ether oxygens (including phenoxy) is 2. The molecule has 4 aromatic rings. The largest absolute Gasteiger partial charge is 0.495 e. The SMILES string of the molecule is COc1cc(OC)c(Cl)c(N2Cc3cnc(Nc4ccccc4)nc3N(C3CCN(C(=O)/C=C/C[N+](C)(C)Cc4c([N+](=O)[O-])ncn4C)CC3)C2=O)c1Cl. The second-order valence-electron chi connectivity index (χ2n) is 13.6. The number of imidazole rings is 1. The number of nitrogens with one attached hydrogen (secondary N) is 1. The zero-order valence-electron chi connectivity index (χ0n) is 30.5. The second kappa shape index (κ2) is 15.9. The predicted molar refractivity (Wildman–Crippen MR) is 205 cm³/mol. The molecular weight excluding hydrogens is 739 g/mol. The summed E-state index contributed by atoms with van der Waals surface area (Å²) >= 11 is 13.6. The van der Waals surface area contributed by atoms with Crippen molar-refractivity contribution in [3.05, 3.63) is 92.5 Å². The number of likely N-dealkylation sites (N-methyl/N-ethyl adjacent to an activating group) is 1. The number of fused-ring (bicyclic) bond motifs is 1. The summed E-state index contributed by atoms with van der Waals surface area (Å²) in [7, 11) is 8.52. The van der Waals surface area contributed by atoms with Gasteiger partial charge in [-0.1, -0.05) is 41.4 Å². The number of benzene rings is 2. The summed E-state index contributed by atoms with van der Waals surface area (Å²) in [5, 5.41) is 15.0. The van der Waals surface area contributed by atoms with E-state index in [0.717, 1.165) is 5.69 Å². The number of carbonyl (C=O) groups excluding carboxylic acids is 2. The number of para-hydroxylation sites is 1. The molecule has 0 atom stereocenters. The lowest BCUT2D eigenvalue weighted by atomic mass is 10.0. The molecule has 2 aromatic carbocycles. The summed E-state index contributed by atoms with van der Waals surface area (Å²) in [4.78, 5) is 57.1. The number of carbonyl (C=O) groups is 2. The molecule has 0 saturated carbocycles. The van der Waals surface area contributed by atoms with Gasteiger partial charge in [0.05, 0.1) is 47.1 Å². The van der Waals surface area contributed by atoms with E-state index in [1.54, 1.807) is 39.8 Å². The topological polar surface area (TPSA) is 161 Å². The van der Waals surface area contributed by atoms with Crippen LogP contribution in [0.25, 0.3) is 0 Å². The Balaban J connectivity index is 1.22. The van der Waals surface area contributed by atoms with E-state index in [4.69, 9.17) is 37.7 Å². The Bertz CT molecular complexity index is 2060. The minimum Gasteiger partial charge on any atom is -0.495 e. The molecule has 18 heteroatoms. The summed E-state index contributed by atoms with van der Waals surface area (Å²) in [6, 6.07) is 10.3. The van der Waals surface area contributed by atoms with Crippen molar-refractivity contribution in [1.82, 2.24) is 24.4 Å². The molecule has 284 valence electrons. The third kappa shape index (κ3) is 7.90. The van der Waals surface area contributed by atoms with Crippen LogP contribution in [0.2, 0.25) is 10.0 Å². The number of anilines is 4. The van der Waals surface area contributed by atoms with Crippen molar-refractivity contribution in [2.75, 3.05) is 63.1 Å². The highest BCUT2D eigenvalue weighted by Gasteiger charge is 2.41. The number of nitrogens with zero attached hydrogens (tertiary/aromatic N) is 9. The minimum atomic E-state index is -0.486. The molecule has 2 aliphatic heterocycles. The molecule has 6 rings (SSSR count). The van der Waals surface area contributed by atoms with E-state index in [-0.39, 0.29) is 51.5 Å². The van der Waals surface area contributed by atoms with E-state index in [9.17, 15) is 19.7 Å². The average molecular weight is 781 g/mol. The van der Waals surface area contributed by atoms with Crippen LogP contribution in [0.15, 0.2) is 61.1 Å². The van der Waals surface area contributed by atoms with Gasteiger partial charge in [-0.05, 0) is 41.0 Å². The molecule has 16 nitrogen and oxygen atoms in total. The fraction of sp³-hybridized carbons (Fsp3) is 0.361. The zero-order chi connectivity index (χ0) is 38.7. The van der Waals surface area contributed by atoms with Crippen molar-refractivity contribution < 1.29 is 28.5 Å². The number of amides is 3. The van der Waals surface area contributed by atoms with Crippen molar-refractivity contribution >= 4 is 64.1 Å². The number of aromatic nitrogens is 4. The Hall–Kier alpha value is -5.45. The van der Waals surface area contributed by atoms with E-state index in [1.807, 2.05) is 44.4 Å². The van der Waals surface area contributed by atoms with Crippen molar-refractivity contribution in [3.8, 4) is 11.5 Å². The molecule has 1 fully saturated rings. The average Bonchev–Trinajstić information content (AvgIpc) is 3.51. The fourth-order valence-electron chi connectivity index (χ4n) is 6.64.